The maximum atomic E-state index is 12.1. The van der Waals surface area contributed by atoms with E-state index >= 15 is 0 Å². The number of nitrogens with zero attached hydrogens (tertiary/aromatic N) is 1. The Bertz CT molecular complexity index is 477. The van der Waals surface area contributed by atoms with Gasteiger partial charge in [0.2, 0.25) is 5.76 Å². The summed E-state index contributed by atoms with van der Waals surface area (Å²) < 4.78 is 11.3. The Kier molecular flexibility index (Phi) is 5.45. The van der Waals surface area contributed by atoms with Crippen LogP contribution in [0.1, 0.15) is 60.9 Å². The Hall–Kier alpha value is -1.40. The van der Waals surface area contributed by atoms with Crippen molar-refractivity contribution in [3.63, 3.8) is 0 Å². The second kappa shape index (κ2) is 7.74. The summed E-state index contributed by atoms with van der Waals surface area (Å²) in [5.41, 5.74) is 0. The molecule has 2 saturated heterocycles. The monoisotopic (exact) mass is 307 g/mol. The average molecular weight is 307 g/mol. The highest BCUT2D eigenvalue weighted by atomic mass is 16.5. The van der Waals surface area contributed by atoms with E-state index in [-0.39, 0.29) is 12.0 Å². The van der Waals surface area contributed by atoms with E-state index in [2.05, 4.69) is 15.6 Å². The zero-order valence-corrected chi connectivity index (χ0v) is 13.0. The third-order valence-electron chi connectivity index (χ3n) is 4.46. The molecule has 0 radical (unpaired) electrons. The minimum absolute atomic E-state index is 0.177. The Balaban J connectivity index is 1.44. The van der Waals surface area contributed by atoms with Crippen LogP contribution in [0.5, 0.6) is 0 Å². The molecular formula is C16H25N3O3. The fraction of sp³-hybridized carbons (Fsp3) is 0.750. The van der Waals surface area contributed by atoms with Gasteiger partial charge in [-0.05, 0) is 51.6 Å². The molecule has 1 unspecified atom stereocenters. The lowest BCUT2D eigenvalue weighted by Gasteiger charge is -2.22. The smallest absolute Gasteiger partial charge is 0.288 e. The number of hydrogen-bond donors (Lipinski definition) is 2. The van der Waals surface area contributed by atoms with Gasteiger partial charge in [-0.2, -0.15) is 0 Å². The second-order valence-corrected chi connectivity index (χ2v) is 6.12. The number of carbonyl (C=O) groups is 1. The van der Waals surface area contributed by atoms with E-state index in [1.54, 1.807) is 6.20 Å². The lowest BCUT2D eigenvalue weighted by molar-refractivity contribution is 0.0116. The first kappa shape index (κ1) is 15.5. The van der Waals surface area contributed by atoms with Crippen molar-refractivity contribution in [1.29, 1.82) is 0 Å². The number of carbonyl (C=O) groups excluding carboxylic acids is 1. The average Bonchev–Trinajstić information content (AvgIpc) is 3.07. The summed E-state index contributed by atoms with van der Waals surface area (Å²) in [6.07, 6.45) is 8.19. The van der Waals surface area contributed by atoms with Gasteiger partial charge in [0.25, 0.3) is 5.91 Å². The molecule has 2 N–H and O–H groups in total. The van der Waals surface area contributed by atoms with Crippen molar-refractivity contribution < 1.29 is 13.9 Å². The Morgan fingerprint density at radius 2 is 2.18 bits per heavy atom. The number of ether oxygens (including phenoxy) is 1. The Morgan fingerprint density at radius 1 is 1.32 bits per heavy atom. The lowest BCUT2D eigenvalue weighted by Crippen LogP contribution is -2.29. The number of amides is 1. The highest BCUT2D eigenvalue weighted by molar-refractivity contribution is 5.91. The van der Waals surface area contributed by atoms with Gasteiger partial charge in [0.05, 0.1) is 12.3 Å². The van der Waals surface area contributed by atoms with Crippen LogP contribution in [-0.2, 0) is 4.74 Å². The summed E-state index contributed by atoms with van der Waals surface area (Å²) in [6, 6.07) is 0. The fourth-order valence-corrected chi connectivity index (χ4v) is 3.12. The number of rotatable bonds is 5. The van der Waals surface area contributed by atoms with Crippen LogP contribution in [0, 0.1) is 0 Å². The van der Waals surface area contributed by atoms with Crippen molar-refractivity contribution in [3.05, 3.63) is 17.8 Å². The molecule has 0 saturated carbocycles. The van der Waals surface area contributed by atoms with Gasteiger partial charge in [-0.25, -0.2) is 4.98 Å². The Labute approximate surface area is 131 Å². The molecule has 2 fully saturated rings. The van der Waals surface area contributed by atoms with Gasteiger partial charge in [-0.15, -0.1) is 0 Å². The van der Waals surface area contributed by atoms with Crippen LogP contribution < -0.4 is 10.6 Å². The van der Waals surface area contributed by atoms with Gasteiger partial charge in [0.15, 0.2) is 5.89 Å². The van der Waals surface area contributed by atoms with Gasteiger partial charge in [0, 0.05) is 19.1 Å². The first-order chi connectivity index (χ1) is 10.8. The zero-order valence-electron chi connectivity index (χ0n) is 13.0. The molecule has 22 heavy (non-hydrogen) atoms. The molecule has 0 aromatic carbocycles. The third kappa shape index (κ3) is 4.08. The first-order valence-electron chi connectivity index (χ1n) is 8.39. The number of hydrogen-bond acceptors (Lipinski definition) is 5. The first-order valence-corrected chi connectivity index (χ1v) is 8.39. The second-order valence-electron chi connectivity index (χ2n) is 6.12. The normalized spacial score (nSPS) is 23.4. The maximum Gasteiger partial charge on any atom is 0.288 e. The van der Waals surface area contributed by atoms with Crippen LogP contribution >= 0.6 is 0 Å². The van der Waals surface area contributed by atoms with Gasteiger partial charge < -0.3 is 19.8 Å². The van der Waals surface area contributed by atoms with Crippen LogP contribution in [0.25, 0.3) is 0 Å². The molecule has 3 rings (SSSR count). The molecule has 1 atom stereocenters. The molecule has 0 aliphatic carbocycles. The maximum absolute atomic E-state index is 12.1. The quantitative estimate of drug-likeness (QED) is 0.868. The fourth-order valence-electron chi connectivity index (χ4n) is 3.12. The van der Waals surface area contributed by atoms with Crippen LogP contribution in [0.3, 0.4) is 0 Å². The third-order valence-corrected chi connectivity index (χ3v) is 4.46. The minimum atomic E-state index is -0.177. The van der Waals surface area contributed by atoms with Crippen molar-refractivity contribution >= 4 is 5.91 Å². The molecule has 6 nitrogen and oxygen atoms in total. The van der Waals surface area contributed by atoms with Crippen molar-refractivity contribution in [2.45, 2.75) is 50.5 Å². The minimum Gasteiger partial charge on any atom is -0.435 e. The predicted molar refractivity (Wildman–Crippen MR) is 81.9 cm³/mol. The predicted octanol–water partition coefficient (Wildman–Crippen LogP) is 1.83. The number of oxazole rings is 1. The highest BCUT2D eigenvalue weighted by Gasteiger charge is 2.22. The summed E-state index contributed by atoms with van der Waals surface area (Å²) in [5, 5.41) is 6.21. The van der Waals surface area contributed by atoms with Gasteiger partial charge in [0.1, 0.15) is 0 Å². The number of piperidine rings is 1. The van der Waals surface area contributed by atoms with Crippen LogP contribution in [0.4, 0.5) is 0 Å². The largest absolute Gasteiger partial charge is 0.435 e. The topological polar surface area (TPSA) is 76.4 Å². The summed E-state index contributed by atoms with van der Waals surface area (Å²) >= 11 is 0. The summed E-state index contributed by atoms with van der Waals surface area (Å²) in [4.78, 5) is 16.4. The van der Waals surface area contributed by atoms with Gasteiger partial charge in [-0.3, -0.25) is 4.79 Å². The van der Waals surface area contributed by atoms with Crippen molar-refractivity contribution in [1.82, 2.24) is 15.6 Å². The summed E-state index contributed by atoms with van der Waals surface area (Å²) in [5.74, 6) is 1.17. The number of nitrogens with one attached hydrogen (secondary N) is 2. The van der Waals surface area contributed by atoms with Crippen LogP contribution in [0.2, 0.25) is 0 Å². The molecule has 2 aliphatic heterocycles. The molecule has 1 aromatic heterocycles. The van der Waals surface area contributed by atoms with Gasteiger partial charge in [-0.1, -0.05) is 0 Å². The lowest BCUT2D eigenvalue weighted by atomic mass is 9.98. The summed E-state index contributed by atoms with van der Waals surface area (Å²) in [7, 11) is 0. The standard InChI is InChI=1S/C16H25N3O3/c20-15(18-9-6-13-3-1-2-10-21-13)14-11-19-16(22-14)12-4-7-17-8-5-12/h11-13,17H,1-10H2,(H,18,20). The summed E-state index contributed by atoms with van der Waals surface area (Å²) in [6.45, 7) is 3.43. The molecule has 122 valence electrons. The van der Waals surface area contributed by atoms with E-state index in [1.807, 2.05) is 0 Å². The van der Waals surface area contributed by atoms with E-state index in [1.165, 1.54) is 6.42 Å². The zero-order chi connectivity index (χ0) is 15.2. The van der Waals surface area contributed by atoms with E-state index in [0.717, 1.165) is 51.8 Å². The molecule has 0 spiro atoms. The molecule has 0 bridgehead atoms. The molecule has 3 heterocycles. The molecular weight excluding hydrogens is 282 g/mol. The number of aromatic nitrogens is 1. The SMILES string of the molecule is O=C(NCCC1CCCCO1)c1cnc(C2CCNCC2)o1. The molecule has 2 aliphatic rings. The van der Waals surface area contributed by atoms with E-state index in [4.69, 9.17) is 9.15 Å². The van der Waals surface area contributed by atoms with E-state index in [0.29, 0.717) is 24.1 Å². The molecule has 6 heteroatoms. The Morgan fingerprint density at radius 3 is 2.95 bits per heavy atom. The van der Waals surface area contributed by atoms with E-state index in [9.17, 15) is 4.79 Å². The van der Waals surface area contributed by atoms with Crippen LogP contribution in [0.15, 0.2) is 10.6 Å². The van der Waals surface area contributed by atoms with Gasteiger partial charge >= 0.3 is 0 Å². The van der Waals surface area contributed by atoms with Crippen molar-refractivity contribution in [3.8, 4) is 0 Å². The van der Waals surface area contributed by atoms with Crippen molar-refractivity contribution in [2.24, 2.45) is 0 Å². The van der Waals surface area contributed by atoms with Crippen LogP contribution in [-0.4, -0.2) is 43.2 Å². The molecule has 1 aromatic rings. The van der Waals surface area contributed by atoms with Crippen molar-refractivity contribution in [2.75, 3.05) is 26.2 Å². The van der Waals surface area contributed by atoms with E-state index < -0.39 is 0 Å². The highest BCUT2D eigenvalue weighted by Crippen LogP contribution is 2.24. The molecule has 1 amide bonds.